The first-order chi connectivity index (χ1) is 15.0. The second-order valence-corrected chi connectivity index (χ2v) is 7.69. The molecule has 5 heteroatoms. The Morgan fingerprint density at radius 2 is 1.55 bits per heavy atom. The van der Waals surface area contributed by atoms with E-state index in [1.54, 1.807) is 0 Å². The standard InChI is InChI=1S/C26H22N4O/c1-17-23(16-24-18(2)28-30(26(24)31)21-12-5-4-6-13-21)19(3)29(27-17)25-15-9-11-20-10-7-8-14-22(20)25/h4-16H,1-3H3/b24-16+. The van der Waals surface area contributed by atoms with Gasteiger partial charge in [0.05, 0.1) is 28.4 Å². The summed E-state index contributed by atoms with van der Waals surface area (Å²) in [5, 5.41) is 13.1. The molecular weight excluding hydrogens is 384 g/mol. The minimum atomic E-state index is -0.125. The van der Waals surface area contributed by atoms with Crippen molar-refractivity contribution in [1.82, 2.24) is 9.78 Å². The lowest BCUT2D eigenvalue weighted by atomic mass is 10.1. The molecule has 31 heavy (non-hydrogen) atoms. The first-order valence-corrected chi connectivity index (χ1v) is 10.3. The molecule has 0 aliphatic carbocycles. The Morgan fingerprint density at radius 1 is 0.839 bits per heavy atom. The Labute approximate surface area is 180 Å². The molecule has 3 aromatic carbocycles. The van der Waals surface area contributed by atoms with Gasteiger partial charge in [0.2, 0.25) is 0 Å². The Morgan fingerprint density at radius 3 is 2.35 bits per heavy atom. The van der Waals surface area contributed by atoms with E-state index in [1.165, 1.54) is 10.4 Å². The lowest BCUT2D eigenvalue weighted by molar-refractivity contribution is -0.114. The second kappa shape index (κ2) is 7.36. The number of rotatable bonds is 3. The molecule has 2 heterocycles. The number of para-hydroxylation sites is 1. The topological polar surface area (TPSA) is 50.5 Å². The maximum atomic E-state index is 13.1. The van der Waals surface area contributed by atoms with Crippen LogP contribution in [0.4, 0.5) is 5.69 Å². The molecule has 0 radical (unpaired) electrons. The maximum absolute atomic E-state index is 13.1. The predicted octanol–water partition coefficient (Wildman–Crippen LogP) is 5.45. The first kappa shape index (κ1) is 19.0. The van der Waals surface area contributed by atoms with Crippen LogP contribution >= 0.6 is 0 Å². The van der Waals surface area contributed by atoms with Crippen molar-refractivity contribution in [2.24, 2.45) is 5.10 Å². The van der Waals surface area contributed by atoms with Gasteiger partial charge in [-0.25, -0.2) is 4.68 Å². The molecule has 1 amide bonds. The fourth-order valence-electron chi connectivity index (χ4n) is 4.06. The number of hydrogen-bond acceptors (Lipinski definition) is 3. The number of amides is 1. The summed E-state index contributed by atoms with van der Waals surface area (Å²) < 4.78 is 1.96. The third-order valence-electron chi connectivity index (χ3n) is 5.69. The van der Waals surface area contributed by atoms with Gasteiger partial charge in [-0.2, -0.15) is 15.2 Å². The number of hydrogen-bond donors (Lipinski definition) is 0. The van der Waals surface area contributed by atoms with Gasteiger partial charge in [-0.3, -0.25) is 4.79 Å². The average molecular weight is 406 g/mol. The third kappa shape index (κ3) is 3.15. The van der Waals surface area contributed by atoms with Crippen molar-refractivity contribution in [3.05, 3.63) is 95.3 Å². The number of benzene rings is 3. The smallest absolute Gasteiger partial charge is 0.267 e. The van der Waals surface area contributed by atoms with E-state index in [0.717, 1.165) is 33.7 Å². The van der Waals surface area contributed by atoms with Crippen molar-refractivity contribution in [3.8, 4) is 5.69 Å². The van der Waals surface area contributed by atoms with E-state index in [9.17, 15) is 4.79 Å². The van der Waals surface area contributed by atoms with Crippen molar-refractivity contribution in [1.29, 1.82) is 0 Å². The van der Waals surface area contributed by atoms with E-state index < -0.39 is 0 Å². The van der Waals surface area contributed by atoms with E-state index in [1.807, 2.05) is 80.1 Å². The number of aryl methyl sites for hydroxylation is 1. The average Bonchev–Trinajstić information content (AvgIpc) is 3.24. The summed E-state index contributed by atoms with van der Waals surface area (Å²) in [6.45, 7) is 5.88. The molecule has 0 spiro atoms. The van der Waals surface area contributed by atoms with Gasteiger partial charge in [0, 0.05) is 16.6 Å². The highest BCUT2D eigenvalue weighted by atomic mass is 16.2. The molecule has 0 saturated heterocycles. The first-order valence-electron chi connectivity index (χ1n) is 10.3. The van der Waals surface area contributed by atoms with E-state index >= 15 is 0 Å². The molecule has 0 unspecified atom stereocenters. The fourth-order valence-corrected chi connectivity index (χ4v) is 4.06. The molecule has 0 atom stereocenters. The van der Waals surface area contributed by atoms with Gasteiger partial charge >= 0.3 is 0 Å². The molecule has 0 fully saturated rings. The molecule has 1 aromatic heterocycles. The lowest BCUT2D eigenvalue weighted by Gasteiger charge is -2.11. The number of nitrogens with zero attached hydrogens (tertiary/aromatic N) is 4. The Kier molecular flexibility index (Phi) is 4.51. The van der Waals surface area contributed by atoms with Crippen molar-refractivity contribution in [3.63, 3.8) is 0 Å². The molecule has 152 valence electrons. The highest BCUT2D eigenvalue weighted by Gasteiger charge is 2.29. The van der Waals surface area contributed by atoms with E-state index in [-0.39, 0.29) is 5.91 Å². The molecule has 0 saturated carbocycles. The molecular formula is C26H22N4O. The van der Waals surface area contributed by atoms with Crippen LogP contribution in [-0.4, -0.2) is 21.4 Å². The SMILES string of the molecule is CC1=NN(c2ccccc2)C(=O)/C1=C/c1c(C)nn(-c2cccc3ccccc23)c1C. The number of aromatic nitrogens is 2. The van der Waals surface area contributed by atoms with Crippen molar-refractivity contribution in [2.75, 3.05) is 5.01 Å². The van der Waals surface area contributed by atoms with Gasteiger partial charge in [0.15, 0.2) is 0 Å². The quantitative estimate of drug-likeness (QED) is 0.425. The molecule has 4 aromatic rings. The van der Waals surface area contributed by atoms with Crippen LogP contribution in [0.2, 0.25) is 0 Å². The zero-order valence-electron chi connectivity index (χ0n) is 17.7. The van der Waals surface area contributed by atoms with Gasteiger partial charge in [0.25, 0.3) is 5.91 Å². The summed E-state index contributed by atoms with van der Waals surface area (Å²) >= 11 is 0. The third-order valence-corrected chi connectivity index (χ3v) is 5.69. The Hall–Kier alpha value is -3.99. The number of anilines is 1. The number of carbonyl (C=O) groups is 1. The van der Waals surface area contributed by atoms with Crippen LogP contribution in [0.5, 0.6) is 0 Å². The monoisotopic (exact) mass is 406 g/mol. The molecule has 5 nitrogen and oxygen atoms in total. The normalized spacial score (nSPS) is 15.2. The number of carbonyl (C=O) groups excluding carboxylic acids is 1. The number of hydrazone groups is 1. The molecule has 1 aliphatic rings. The zero-order chi connectivity index (χ0) is 21.5. The molecule has 1 aliphatic heterocycles. The number of fused-ring (bicyclic) bond motifs is 1. The van der Waals surface area contributed by atoms with Crippen molar-refractivity contribution in [2.45, 2.75) is 20.8 Å². The summed E-state index contributed by atoms with van der Waals surface area (Å²) in [6, 6.07) is 24.0. The summed E-state index contributed by atoms with van der Waals surface area (Å²) in [5.74, 6) is -0.125. The maximum Gasteiger partial charge on any atom is 0.280 e. The summed E-state index contributed by atoms with van der Waals surface area (Å²) in [6.07, 6.45) is 1.92. The van der Waals surface area contributed by atoms with Crippen molar-refractivity contribution < 1.29 is 4.79 Å². The minimum Gasteiger partial charge on any atom is -0.267 e. The van der Waals surface area contributed by atoms with Crippen LogP contribution in [0, 0.1) is 13.8 Å². The van der Waals surface area contributed by atoms with Crippen LogP contribution in [0.25, 0.3) is 22.5 Å². The van der Waals surface area contributed by atoms with Gasteiger partial charge in [-0.05, 0) is 50.4 Å². The van der Waals surface area contributed by atoms with Crippen LogP contribution in [-0.2, 0) is 4.79 Å². The van der Waals surface area contributed by atoms with Crippen LogP contribution < -0.4 is 5.01 Å². The van der Waals surface area contributed by atoms with Crippen LogP contribution in [0.3, 0.4) is 0 Å². The van der Waals surface area contributed by atoms with Gasteiger partial charge < -0.3 is 0 Å². The highest BCUT2D eigenvalue weighted by Crippen LogP contribution is 2.29. The summed E-state index contributed by atoms with van der Waals surface area (Å²) in [4.78, 5) is 13.1. The Balaban J connectivity index is 1.59. The molecule has 5 rings (SSSR count). The van der Waals surface area contributed by atoms with E-state index in [2.05, 4.69) is 29.4 Å². The predicted molar refractivity (Wildman–Crippen MR) is 126 cm³/mol. The molecule has 0 bridgehead atoms. The molecule has 0 N–H and O–H groups in total. The van der Waals surface area contributed by atoms with Crippen molar-refractivity contribution >= 4 is 34.2 Å². The van der Waals surface area contributed by atoms with E-state index in [4.69, 9.17) is 5.10 Å². The van der Waals surface area contributed by atoms with Crippen LogP contribution in [0.15, 0.2) is 83.5 Å². The van der Waals surface area contributed by atoms with E-state index in [0.29, 0.717) is 11.3 Å². The highest BCUT2D eigenvalue weighted by molar-refractivity contribution is 6.32. The lowest BCUT2D eigenvalue weighted by Crippen LogP contribution is -2.21. The van der Waals surface area contributed by atoms with Gasteiger partial charge in [-0.15, -0.1) is 0 Å². The van der Waals surface area contributed by atoms with Gasteiger partial charge in [0.1, 0.15) is 0 Å². The fraction of sp³-hybridized carbons (Fsp3) is 0.115. The van der Waals surface area contributed by atoms with Gasteiger partial charge in [-0.1, -0.05) is 54.6 Å². The second-order valence-electron chi connectivity index (χ2n) is 7.69. The Bertz CT molecular complexity index is 1370. The zero-order valence-corrected chi connectivity index (χ0v) is 17.7. The minimum absolute atomic E-state index is 0.125. The summed E-state index contributed by atoms with van der Waals surface area (Å²) in [5.41, 5.74) is 5.88. The van der Waals surface area contributed by atoms with Crippen LogP contribution in [0.1, 0.15) is 23.9 Å². The largest absolute Gasteiger partial charge is 0.280 e. The summed E-state index contributed by atoms with van der Waals surface area (Å²) in [7, 11) is 0.